The number of nitrogens with zero attached hydrogens (tertiary/aromatic N) is 1. The Bertz CT molecular complexity index is 787. The smallest absolute Gasteiger partial charge is 0.267 e. The van der Waals surface area contributed by atoms with Crippen molar-refractivity contribution in [3.05, 3.63) is 65.9 Å². The number of hydrogen-bond donors (Lipinski definition) is 3. The third kappa shape index (κ3) is 4.62. The van der Waals surface area contributed by atoms with Gasteiger partial charge >= 0.3 is 0 Å². The van der Waals surface area contributed by atoms with Crippen LogP contribution in [0.5, 0.6) is 5.75 Å². The van der Waals surface area contributed by atoms with Crippen molar-refractivity contribution in [2.24, 2.45) is 0 Å². The lowest BCUT2D eigenvalue weighted by molar-refractivity contribution is -0.112. The van der Waals surface area contributed by atoms with Crippen LogP contribution in [0.4, 0.5) is 11.4 Å². The van der Waals surface area contributed by atoms with Crippen molar-refractivity contribution in [1.82, 2.24) is 0 Å². The fourth-order valence-corrected chi connectivity index (χ4v) is 2.05. The summed E-state index contributed by atoms with van der Waals surface area (Å²) >= 11 is 0. The van der Waals surface area contributed by atoms with Gasteiger partial charge in [-0.2, -0.15) is 5.26 Å². The Labute approximate surface area is 141 Å². The molecule has 0 heterocycles. The van der Waals surface area contributed by atoms with Gasteiger partial charge in [-0.05, 0) is 35.7 Å². The number of amides is 1. The van der Waals surface area contributed by atoms with Crippen LogP contribution in [0.3, 0.4) is 0 Å². The second-order valence-corrected chi connectivity index (χ2v) is 5.60. The SMILES string of the molecule is CC(C)c1ccc(N/C=C(/C#N)C(=O)Nc2cccc(O)c2)cc1. The fraction of sp³-hybridized carbons (Fsp3) is 0.158. The minimum absolute atomic E-state index is 0.0404. The van der Waals surface area contributed by atoms with E-state index in [1.165, 1.54) is 23.9 Å². The molecule has 24 heavy (non-hydrogen) atoms. The molecule has 0 unspecified atom stereocenters. The summed E-state index contributed by atoms with van der Waals surface area (Å²) in [6.45, 7) is 4.23. The molecule has 0 saturated carbocycles. The van der Waals surface area contributed by atoms with Gasteiger partial charge in [0.05, 0.1) is 0 Å². The molecule has 0 bridgehead atoms. The monoisotopic (exact) mass is 321 g/mol. The maximum atomic E-state index is 12.1. The number of rotatable bonds is 5. The number of nitrogens with one attached hydrogen (secondary N) is 2. The fourth-order valence-electron chi connectivity index (χ4n) is 2.05. The third-order valence-electron chi connectivity index (χ3n) is 3.43. The van der Waals surface area contributed by atoms with Gasteiger partial charge in [-0.15, -0.1) is 0 Å². The normalized spacial score (nSPS) is 11.0. The summed E-state index contributed by atoms with van der Waals surface area (Å²) in [5, 5.41) is 24.1. The van der Waals surface area contributed by atoms with Crippen molar-refractivity contribution in [2.75, 3.05) is 10.6 Å². The minimum atomic E-state index is -0.547. The molecule has 0 aliphatic heterocycles. The second-order valence-electron chi connectivity index (χ2n) is 5.60. The Morgan fingerprint density at radius 1 is 1.17 bits per heavy atom. The predicted molar refractivity (Wildman–Crippen MR) is 94.6 cm³/mol. The lowest BCUT2D eigenvalue weighted by atomic mass is 10.0. The third-order valence-corrected chi connectivity index (χ3v) is 3.43. The van der Waals surface area contributed by atoms with Gasteiger partial charge in [-0.25, -0.2) is 0 Å². The Hall–Kier alpha value is -3.26. The summed E-state index contributed by atoms with van der Waals surface area (Å²) < 4.78 is 0. The molecule has 2 aromatic carbocycles. The van der Waals surface area contributed by atoms with E-state index in [2.05, 4.69) is 24.5 Å². The Morgan fingerprint density at radius 3 is 2.46 bits per heavy atom. The molecule has 0 radical (unpaired) electrons. The van der Waals surface area contributed by atoms with Crippen molar-refractivity contribution < 1.29 is 9.90 Å². The Balaban J connectivity index is 2.05. The van der Waals surface area contributed by atoms with Crippen LogP contribution >= 0.6 is 0 Å². The number of hydrogen-bond acceptors (Lipinski definition) is 4. The summed E-state index contributed by atoms with van der Waals surface area (Å²) in [5.74, 6) is -0.0645. The number of benzene rings is 2. The molecule has 0 fully saturated rings. The highest BCUT2D eigenvalue weighted by Crippen LogP contribution is 2.18. The van der Waals surface area contributed by atoms with E-state index in [-0.39, 0.29) is 11.3 Å². The number of phenolic OH excluding ortho intramolecular Hbond substituents is 1. The number of aromatic hydroxyl groups is 1. The van der Waals surface area contributed by atoms with E-state index < -0.39 is 5.91 Å². The van der Waals surface area contributed by atoms with E-state index in [9.17, 15) is 9.90 Å². The number of anilines is 2. The van der Waals surface area contributed by atoms with Gasteiger partial charge in [0.25, 0.3) is 5.91 Å². The summed E-state index contributed by atoms with van der Waals surface area (Å²) in [4.78, 5) is 12.1. The van der Waals surface area contributed by atoms with Crippen molar-refractivity contribution in [1.29, 1.82) is 5.26 Å². The molecule has 5 heteroatoms. The van der Waals surface area contributed by atoms with E-state index in [0.717, 1.165) is 5.69 Å². The van der Waals surface area contributed by atoms with Crippen LogP contribution in [0.15, 0.2) is 60.3 Å². The predicted octanol–water partition coefficient (Wildman–Crippen LogP) is 3.97. The van der Waals surface area contributed by atoms with Gasteiger partial charge < -0.3 is 15.7 Å². The van der Waals surface area contributed by atoms with Crippen molar-refractivity contribution in [3.63, 3.8) is 0 Å². The lowest BCUT2D eigenvalue weighted by Crippen LogP contribution is -2.14. The maximum Gasteiger partial charge on any atom is 0.267 e. The summed E-state index contributed by atoms with van der Waals surface area (Å²) in [7, 11) is 0. The number of phenols is 1. The van der Waals surface area contributed by atoms with Gasteiger partial charge in [0, 0.05) is 23.6 Å². The average molecular weight is 321 g/mol. The van der Waals surface area contributed by atoms with Crippen LogP contribution in [0.25, 0.3) is 0 Å². The first kappa shape index (κ1) is 17.1. The zero-order valence-electron chi connectivity index (χ0n) is 13.6. The summed E-state index contributed by atoms with van der Waals surface area (Å²) in [5.41, 5.74) is 2.36. The standard InChI is InChI=1S/C19H19N3O2/c1-13(2)14-6-8-16(9-7-14)21-12-15(11-20)19(24)22-17-4-3-5-18(23)10-17/h3-10,12-13,21,23H,1-2H3,(H,22,24)/b15-12-. The quantitative estimate of drug-likeness (QED) is 0.574. The molecule has 1 amide bonds. The van der Waals surface area contributed by atoms with Crippen LogP contribution in [0.2, 0.25) is 0 Å². The first-order chi connectivity index (χ1) is 11.5. The molecule has 3 N–H and O–H groups in total. The topological polar surface area (TPSA) is 85.2 Å². The van der Waals surface area contributed by atoms with Crippen LogP contribution in [0.1, 0.15) is 25.3 Å². The van der Waals surface area contributed by atoms with Crippen molar-refractivity contribution >= 4 is 17.3 Å². The average Bonchev–Trinajstić information content (AvgIpc) is 2.56. The molecular formula is C19H19N3O2. The zero-order valence-corrected chi connectivity index (χ0v) is 13.6. The highest BCUT2D eigenvalue weighted by Gasteiger charge is 2.09. The number of nitriles is 1. The Kier molecular flexibility index (Phi) is 5.58. The highest BCUT2D eigenvalue weighted by atomic mass is 16.3. The first-order valence-corrected chi connectivity index (χ1v) is 7.56. The maximum absolute atomic E-state index is 12.1. The van der Waals surface area contributed by atoms with Crippen LogP contribution < -0.4 is 10.6 Å². The van der Waals surface area contributed by atoms with Gasteiger partial charge in [-0.3, -0.25) is 4.79 Å². The molecule has 2 aromatic rings. The van der Waals surface area contributed by atoms with E-state index in [4.69, 9.17) is 5.26 Å². The molecule has 0 spiro atoms. The molecular weight excluding hydrogens is 302 g/mol. The van der Waals surface area contributed by atoms with E-state index >= 15 is 0 Å². The summed E-state index contributed by atoms with van der Waals surface area (Å²) in [6.07, 6.45) is 1.36. The molecule has 0 saturated heterocycles. The van der Waals surface area contributed by atoms with E-state index in [0.29, 0.717) is 11.6 Å². The van der Waals surface area contributed by atoms with Crippen LogP contribution in [-0.4, -0.2) is 11.0 Å². The summed E-state index contributed by atoms with van der Waals surface area (Å²) in [6, 6.07) is 15.8. The Morgan fingerprint density at radius 2 is 1.88 bits per heavy atom. The number of carbonyl (C=O) groups excluding carboxylic acids is 1. The zero-order chi connectivity index (χ0) is 17.5. The van der Waals surface area contributed by atoms with Crippen molar-refractivity contribution in [3.8, 4) is 11.8 Å². The van der Waals surface area contributed by atoms with E-state index in [1.54, 1.807) is 12.1 Å². The molecule has 0 aliphatic carbocycles. The molecule has 5 nitrogen and oxygen atoms in total. The molecule has 0 atom stereocenters. The van der Waals surface area contributed by atoms with Gasteiger partial charge in [0.1, 0.15) is 17.4 Å². The molecule has 2 rings (SSSR count). The number of carbonyl (C=O) groups is 1. The van der Waals surface area contributed by atoms with Crippen LogP contribution in [0, 0.1) is 11.3 Å². The second kappa shape index (κ2) is 7.84. The highest BCUT2D eigenvalue weighted by molar-refractivity contribution is 6.06. The van der Waals surface area contributed by atoms with Gasteiger partial charge in [-0.1, -0.05) is 32.0 Å². The molecule has 122 valence electrons. The largest absolute Gasteiger partial charge is 0.508 e. The van der Waals surface area contributed by atoms with Crippen molar-refractivity contribution in [2.45, 2.75) is 19.8 Å². The minimum Gasteiger partial charge on any atom is -0.508 e. The molecule has 0 aliphatic rings. The van der Waals surface area contributed by atoms with Gasteiger partial charge in [0.2, 0.25) is 0 Å². The van der Waals surface area contributed by atoms with Crippen LogP contribution in [-0.2, 0) is 4.79 Å². The lowest BCUT2D eigenvalue weighted by Gasteiger charge is -2.08. The van der Waals surface area contributed by atoms with E-state index in [1.807, 2.05) is 30.3 Å². The molecule has 0 aromatic heterocycles. The van der Waals surface area contributed by atoms with Gasteiger partial charge in [0.15, 0.2) is 0 Å². The first-order valence-electron chi connectivity index (χ1n) is 7.56.